The van der Waals surface area contributed by atoms with E-state index in [1.807, 2.05) is 0 Å². The highest BCUT2D eigenvalue weighted by molar-refractivity contribution is 6.34. The highest BCUT2D eigenvalue weighted by atomic mass is 35.5. The number of hydrogen-bond donors (Lipinski definition) is 0. The Balaban J connectivity index is 3.16. The molecule has 0 unspecified atom stereocenters. The molecule has 1 aromatic rings. The van der Waals surface area contributed by atoms with Crippen molar-refractivity contribution in [2.45, 2.75) is 18.6 Å². The zero-order valence-corrected chi connectivity index (χ0v) is 10.2. The van der Waals surface area contributed by atoms with Crippen LogP contribution in [0, 0.1) is 0 Å². The van der Waals surface area contributed by atoms with Crippen molar-refractivity contribution in [1.29, 1.82) is 0 Å². The first-order chi connectivity index (χ1) is 8.63. The van der Waals surface area contributed by atoms with Gasteiger partial charge in [0, 0.05) is 7.11 Å². The molecule has 0 aliphatic carbocycles. The van der Waals surface area contributed by atoms with Gasteiger partial charge in [-0.15, -0.1) is 0 Å². The summed E-state index contributed by atoms with van der Waals surface area (Å²) in [5.74, 6) is -7.97. The SMILES string of the molecule is COCCn1ncc(Cl)c1C(=O)C(F)(F)C(F)(F)F. The lowest BCUT2D eigenvalue weighted by Gasteiger charge is -2.18. The van der Waals surface area contributed by atoms with Crippen molar-refractivity contribution in [1.82, 2.24) is 9.78 Å². The van der Waals surface area contributed by atoms with E-state index in [9.17, 15) is 26.7 Å². The van der Waals surface area contributed by atoms with E-state index >= 15 is 0 Å². The minimum Gasteiger partial charge on any atom is -0.383 e. The third-order valence-corrected chi connectivity index (χ3v) is 2.43. The standard InChI is InChI=1S/C9H8ClF5N2O2/c1-19-3-2-17-6(5(10)4-16-17)7(18)8(11,12)9(13,14)15/h4H,2-3H2,1H3. The molecule has 19 heavy (non-hydrogen) atoms. The number of ketones is 1. The largest absolute Gasteiger partial charge is 0.461 e. The van der Waals surface area contributed by atoms with Crippen LogP contribution in [0.2, 0.25) is 5.02 Å². The molecule has 1 aromatic heterocycles. The molecular formula is C9H8ClF5N2O2. The van der Waals surface area contributed by atoms with Crippen LogP contribution >= 0.6 is 11.6 Å². The number of Topliss-reactive ketones (excluding diaryl/α,β-unsaturated/α-hetero) is 1. The highest BCUT2D eigenvalue weighted by Gasteiger charge is 2.64. The summed E-state index contributed by atoms with van der Waals surface area (Å²) in [6.07, 6.45) is -5.18. The van der Waals surface area contributed by atoms with Crippen LogP contribution in [0.5, 0.6) is 0 Å². The second-order valence-electron chi connectivity index (χ2n) is 3.46. The molecule has 0 bridgehead atoms. The molecule has 0 spiro atoms. The highest BCUT2D eigenvalue weighted by Crippen LogP contribution is 2.39. The van der Waals surface area contributed by atoms with Gasteiger partial charge in [-0.3, -0.25) is 9.48 Å². The van der Waals surface area contributed by atoms with Crippen LogP contribution in [0.3, 0.4) is 0 Å². The fraction of sp³-hybridized carbons (Fsp3) is 0.556. The van der Waals surface area contributed by atoms with Gasteiger partial charge in [-0.1, -0.05) is 11.6 Å². The van der Waals surface area contributed by atoms with Crippen LogP contribution < -0.4 is 0 Å². The molecule has 0 aliphatic heterocycles. The van der Waals surface area contributed by atoms with Crippen LogP contribution in [-0.4, -0.2) is 41.4 Å². The number of alkyl halides is 5. The molecule has 0 saturated heterocycles. The number of rotatable bonds is 5. The molecule has 10 heteroatoms. The van der Waals surface area contributed by atoms with Gasteiger partial charge in [0.05, 0.1) is 24.4 Å². The second-order valence-corrected chi connectivity index (χ2v) is 3.87. The first-order valence-electron chi connectivity index (χ1n) is 4.82. The van der Waals surface area contributed by atoms with Crippen LogP contribution in [0.4, 0.5) is 22.0 Å². The Morgan fingerprint density at radius 3 is 2.47 bits per heavy atom. The van der Waals surface area contributed by atoms with Crippen LogP contribution in [0.25, 0.3) is 0 Å². The van der Waals surface area contributed by atoms with Crippen molar-refractivity contribution < 1.29 is 31.5 Å². The predicted molar refractivity (Wildman–Crippen MR) is 54.4 cm³/mol. The van der Waals surface area contributed by atoms with Gasteiger partial charge in [0.2, 0.25) is 0 Å². The zero-order valence-electron chi connectivity index (χ0n) is 9.47. The van der Waals surface area contributed by atoms with Crippen LogP contribution in [0.1, 0.15) is 10.5 Å². The smallest absolute Gasteiger partial charge is 0.383 e. The summed E-state index contributed by atoms with van der Waals surface area (Å²) in [6, 6.07) is 0. The molecule has 0 aliphatic rings. The Hall–Kier alpha value is -1.22. The Kier molecular flexibility index (Phi) is 4.51. The molecular weight excluding hydrogens is 299 g/mol. The maximum atomic E-state index is 13.0. The van der Waals surface area contributed by atoms with E-state index in [2.05, 4.69) is 9.84 Å². The van der Waals surface area contributed by atoms with E-state index in [4.69, 9.17) is 11.6 Å². The first-order valence-corrected chi connectivity index (χ1v) is 5.20. The molecule has 0 atom stereocenters. The quantitative estimate of drug-likeness (QED) is 0.620. The second kappa shape index (κ2) is 5.41. The van der Waals surface area contributed by atoms with Gasteiger partial charge in [-0.2, -0.15) is 27.1 Å². The van der Waals surface area contributed by atoms with E-state index in [1.165, 1.54) is 7.11 Å². The molecule has 0 amide bonds. The molecule has 0 aromatic carbocycles. The molecule has 0 radical (unpaired) electrons. The molecule has 1 rings (SSSR count). The molecule has 0 N–H and O–H groups in total. The van der Waals surface area contributed by atoms with E-state index in [0.29, 0.717) is 4.68 Å². The zero-order chi connectivity index (χ0) is 14.8. The summed E-state index contributed by atoms with van der Waals surface area (Å²) in [7, 11) is 1.29. The number of carbonyl (C=O) groups excluding carboxylic acids is 1. The minimum absolute atomic E-state index is 0.0319. The van der Waals surface area contributed by atoms with Crippen molar-refractivity contribution in [3.8, 4) is 0 Å². The Morgan fingerprint density at radius 2 is 2.00 bits per heavy atom. The van der Waals surface area contributed by atoms with Gasteiger partial charge in [0.25, 0.3) is 5.78 Å². The van der Waals surface area contributed by atoms with Gasteiger partial charge in [0.15, 0.2) is 0 Å². The van der Waals surface area contributed by atoms with E-state index in [0.717, 1.165) is 6.20 Å². The maximum Gasteiger partial charge on any atom is 0.461 e. The fourth-order valence-corrected chi connectivity index (χ4v) is 1.44. The van der Waals surface area contributed by atoms with Crippen molar-refractivity contribution in [2.75, 3.05) is 13.7 Å². The summed E-state index contributed by atoms with van der Waals surface area (Å²) in [4.78, 5) is 11.3. The van der Waals surface area contributed by atoms with Crippen LogP contribution in [-0.2, 0) is 11.3 Å². The maximum absolute atomic E-state index is 13.0. The lowest BCUT2D eigenvalue weighted by atomic mass is 10.1. The van der Waals surface area contributed by atoms with Crippen LogP contribution in [0.15, 0.2) is 6.20 Å². The Morgan fingerprint density at radius 1 is 1.42 bits per heavy atom. The summed E-state index contributed by atoms with van der Waals surface area (Å²) in [5, 5.41) is 2.87. The molecule has 0 saturated carbocycles. The fourth-order valence-electron chi connectivity index (χ4n) is 1.21. The average Bonchev–Trinajstić information content (AvgIpc) is 2.65. The summed E-state index contributed by atoms with van der Waals surface area (Å²) in [5.41, 5.74) is -0.999. The number of carbonyl (C=O) groups is 1. The summed E-state index contributed by atoms with van der Waals surface area (Å²) >= 11 is 5.43. The number of aromatic nitrogens is 2. The lowest BCUT2D eigenvalue weighted by molar-refractivity contribution is -0.256. The van der Waals surface area contributed by atoms with Crippen molar-refractivity contribution >= 4 is 17.4 Å². The van der Waals surface area contributed by atoms with Crippen molar-refractivity contribution in [3.05, 3.63) is 16.9 Å². The average molecular weight is 307 g/mol. The minimum atomic E-state index is -6.00. The van der Waals surface area contributed by atoms with Gasteiger partial charge in [-0.25, -0.2) is 0 Å². The summed E-state index contributed by atoms with van der Waals surface area (Å²) < 4.78 is 67.6. The topological polar surface area (TPSA) is 44.1 Å². The monoisotopic (exact) mass is 306 g/mol. The van der Waals surface area contributed by atoms with Gasteiger partial charge < -0.3 is 4.74 Å². The third-order valence-electron chi connectivity index (χ3n) is 2.16. The number of halogens is 6. The Bertz CT molecular complexity index is 472. The van der Waals surface area contributed by atoms with Gasteiger partial charge in [0.1, 0.15) is 5.69 Å². The number of hydrogen-bond acceptors (Lipinski definition) is 3. The van der Waals surface area contributed by atoms with Gasteiger partial charge in [-0.05, 0) is 0 Å². The third kappa shape index (κ3) is 3.03. The normalized spacial score (nSPS) is 12.8. The lowest BCUT2D eigenvalue weighted by Crippen LogP contribution is -2.45. The predicted octanol–water partition coefficient (Wildman–Crippen LogP) is 2.56. The first kappa shape index (κ1) is 15.8. The molecule has 4 nitrogen and oxygen atoms in total. The van der Waals surface area contributed by atoms with E-state index in [1.54, 1.807) is 0 Å². The Labute approximate surface area is 109 Å². The molecule has 0 fully saturated rings. The van der Waals surface area contributed by atoms with Crippen molar-refractivity contribution in [2.24, 2.45) is 0 Å². The van der Waals surface area contributed by atoms with E-state index < -0.39 is 28.6 Å². The number of ether oxygens (including phenoxy) is 1. The number of methoxy groups -OCH3 is 1. The molecule has 108 valence electrons. The van der Waals surface area contributed by atoms with Gasteiger partial charge >= 0.3 is 12.1 Å². The summed E-state index contributed by atoms with van der Waals surface area (Å²) in [6.45, 7) is -0.214. The van der Waals surface area contributed by atoms with Crippen molar-refractivity contribution in [3.63, 3.8) is 0 Å². The molecule has 1 heterocycles. The number of nitrogens with zero attached hydrogens (tertiary/aromatic N) is 2. The van der Waals surface area contributed by atoms with E-state index in [-0.39, 0.29) is 13.2 Å².